The zero-order chi connectivity index (χ0) is 21.2. The minimum absolute atomic E-state index is 0.0124. The number of carbonyl (C=O) groups excluding carboxylic acids is 1. The van der Waals surface area contributed by atoms with E-state index in [0.29, 0.717) is 10.8 Å². The van der Waals surface area contributed by atoms with E-state index in [9.17, 15) is 18.0 Å². The highest BCUT2D eigenvalue weighted by Gasteiger charge is 2.33. The zero-order valence-corrected chi connectivity index (χ0v) is 16.9. The average molecular weight is 442 g/mol. The Labute approximate surface area is 173 Å². The largest absolute Gasteiger partial charge is 0.417 e. The number of nitrogens with zero attached hydrogens (tertiary/aromatic N) is 4. The molecule has 0 aliphatic rings. The lowest BCUT2D eigenvalue weighted by molar-refractivity contribution is -0.137. The van der Waals surface area contributed by atoms with Gasteiger partial charge in [0.1, 0.15) is 11.4 Å². The number of thioether (sulfide) groups is 1. The maximum absolute atomic E-state index is 12.9. The molecule has 0 aliphatic carbocycles. The molecule has 1 aromatic carbocycles. The number of alkyl halides is 3. The number of amides is 1. The Hall–Kier alpha value is -2.59. The van der Waals surface area contributed by atoms with Gasteiger partial charge in [-0.1, -0.05) is 23.4 Å². The molecule has 6 nitrogen and oxygen atoms in total. The summed E-state index contributed by atoms with van der Waals surface area (Å²) in [5, 5.41) is 6.88. The van der Waals surface area contributed by atoms with Gasteiger partial charge in [0, 0.05) is 17.4 Å². The summed E-state index contributed by atoms with van der Waals surface area (Å²) < 4.78 is 40.4. The first-order chi connectivity index (χ1) is 13.6. The third kappa shape index (κ3) is 5.27. The maximum Gasteiger partial charge on any atom is 0.417 e. The molecule has 0 unspecified atom stereocenters. The molecule has 0 fully saturated rings. The maximum atomic E-state index is 12.9. The summed E-state index contributed by atoms with van der Waals surface area (Å²) in [5.74, 6) is 0.0372. The molecule has 0 bridgehead atoms. The minimum atomic E-state index is -4.60. The fraction of sp³-hybridized carbons (Fsp3) is 0.222. The van der Waals surface area contributed by atoms with Crippen LogP contribution in [0.5, 0.6) is 0 Å². The van der Waals surface area contributed by atoms with E-state index in [4.69, 9.17) is 11.6 Å². The summed E-state index contributed by atoms with van der Waals surface area (Å²) in [6.45, 7) is 3.76. The van der Waals surface area contributed by atoms with Gasteiger partial charge in [-0.2, -0.15) is 18.3 Å². The number of aromatic nitrogens is 4. The van der Waals surface area contributed by atoms with Gasteiger partial charge in [-0.3, -0.25) is 4.79 Å². The predicted molar refractivity (Wildman–Crippen MR) is 104 cm³/mol. The summed E-state index contributed by atoms with van der Waals surface area (Å²) in [6.07, 6.45) is -3.24. The van der Waals surface area contributed by atoms with Gasteiger partial charge in [-0.25, -0.2) is 14.6 Å². The van der Waals surface area contributed by atoms with Gasteiger partial charge < -0.3 is 5.32 Å². The number of halogens is 4. The number of anilines is 1. The van der Waals surface area contributed by atoms with Crippen LogP contribution in [0, 0.1) is 13.8 Å². The van der Waals surface area contributed by atoms with Crippen LogP contribution in [0.4, 0.5) is 18.9 Å². The number of carbonyl (C=O) groups is 1. The molecular weight excluding hydrogens is 427 g/mol. The molecule has 3 rings (SSSR count). The second-order valence-electron chi connectivity index (χ2n) is 6.08. The number of hydrogen-bond donors (Lipinski definition) is 1. The molecule has 11 heteroatoms. The van der Waals surface area contributed by atoms with Crippen molar-refractivity contribution in [3.63, 3.8) is 0 Å². The summed E-state index contributed by atoms with van der Waals surface area (Å²) in [4.78, 5) is 20.4. The van der Waals surface area contributed by atoms with E-state index >= 15 is 0 Å². The quantitative estimate of drug-likeness (QED) is 0.459. The monoisotopic (exact) mass is 441 g/mol. The molecular formula is C18H15ClF3N5OS. The highest BCUT2D eigenvalue weighted by atomic mass is 35.5. The second kappa shape index (κ2) is 8.42. The van der Waals surface area contributed by atoms with Crippen molar-refractivity contribution in [1.29, 1.82) is 0 Å². The Morgan fingerprint density at radius 1 is 1.21 bits per heavy atom. The molecule has 0 atom stereocenters. The average Bonchev–Trinajstić information content (AvgIpc) is 2.99. The van der Waals surface area contributed by atoms with Crippen molar-refractivity contribution in [2.24, 2.45) is 0 Å². The van der Waals surface area contributed by atoms with Gasteiger partial charge in [-0.15, -0.1) is 0 Å². The number of nitrogens with one attached hydrogen (secondary N) is 1. The smallest absolute Gasteiger partial charge is 0.325 e. The van der Waals surface area contributed by atoms with Crippen molar-refractivity contribution in [1.82, 2.24) is 19.7 Å². The molecule has 1 N–H and O–H groups in total. The van der Waals surface area contributed by atoms with Gasteiger partial charge >= 0.3 is 6.18 Å². The van der Waals surface area contributed by atoms with Gasteiger partial charge in [0.25, 0.3) is 0 Å². The second-order valence-corrected chi connectivity index (χ2v) is 7.49. The fourth-order valence-electron chi connectivity index (χ4n) is 2.54. The SMILES string of the molecule is Cc1cc(C)n(-c2cc(SCC(=O)Nc3ccc(Cl)c(C(F)(F)F)c3)ncn2)n1. The molecule has 152 valence electrons. The third-order valence-corrected chi connectivity index (χ3v) is 5.02. The van der Waals surface area contributed by atoms with E-state index in [1.807, 2.05) is 19.9 Å². The number of rotatable bonds is 5. The highest BCUT2D eigenvalue weighted by Crippen LogP contribution is 2.36. The number of aryl methyl sites for hydroxylation is 2. The molecule has 0 aliphatic heterocycles. The van der Waals surface area contributed by atoms with Gasteiger partial charge in [-0.05, 0) is 38.1 Å². The van der Waals surface area contributed by atoms with E-state index in [1.54, 1.807) is 10.7 Å². The molecule has 0 radical (unpaired) electrons. The first kappa shape index (κ1) is 21.1. The van der Waals surface area contributed by atoms with Crippen LogP contribution in [-0.2, 0) is 11.0 Å². The Morgan fingerprint density at radius 3 is 2.62 bits per heavy atom. The zero-order valence-electron chi connectivity index (χ0n) is 15.3. The molecule has 2 aromatic heterocycles. The Balaban J connectivity index is 1.66. The van der Waals surface area contributed by atoms with Crippen molar-refractivity contribution in [3.8, 4) is 5.82 Å². The lowest BCUT2D eigenvalue weighted by Gasteiger charge is -2.11. The summed E-state index contributed by atoms with van der Waals surface area (Å²) in [7, 11) is 0. The Morgan fingerprint density at radius 2 is 1.97 bits per heavy atom. The topological polar surface area (TPSA) is 72.7 Å². The standard InChI is InChI=1S/C18H15ClF3N5OS/c1-10-5-11(2)27(26-10)15-7-17(24-9-23-15)29-8-16(28)25-12-3-4-14(19)13(6-12)18(20,21)22/h3-7,9H,8H2,1-2H3,(H,25,28). The molecule has 0 saturated carbocycles. The lowest BCUT2D eigenvalue weighted by Crippen LogP contribution is -2.15. The van der Waals surface area contributed by atoms with E-state index in [-0.39, 0.29) is 11.4 Å². The van der Waals surface area contributed by atoms with E-state index in [0.717, 1.165) is 35.3 Å². The van der Waals surface area contributed by atoms with Gasteiger partial charge in [0.05, 0.1) is 22.0 Å². The van der Waals surface area contributed by atoms with Crippen molar-refractivity contribution in [2.45, 2.75) is 25.0 Å². The molecule has 29 heavy (non-hydrogen) atoms. The van der Waals surface area contributed by atoms with Gasteiger partial charge in [0.15, 0.2) is 5.82 Å². The summed E-state index contributed by atoms with van der Waals surface area (Å²) in [5.41, 5.74) is 0.752. The summed E-state index contributed by atoms with van der Waals surface area (Å²) in [6, 6.07) is 6.80. The first-order valence-electron chi connectivity index (χ1n) is 8.28. The van der Waals surface area contributed by atoms with Crippen LogP contribution in [0.25, 0.3) is 5.82 Å². The van der Waals surface area contributed by atoms with Crippen molar-refractivity contribution >= 4 is 35.0 Å². The molecule has 0 saturated heterocycles. The van der Waals surface area contributed by atoms with Crippen LogP contribution < -0.4 is 5.32 Å². The fourth-order valence-corrected chi connectivity index (χ4v) is 3.43. The Bertz CT molecular complexity index is 1050. The van der Waals surface area contributed by atoms with E-state index in [2.05, 4.69) is 20.4 Å². The molecule has 3 aromatic rings. The molecule has 0 spiro atoms. The summed E-state index contributed by atoms with van der Waals surface area (Å²) >= 11 is 6.71. The van der Waals surface area contributed by atoms with Crippen LogP contribution in [0.3, 0.4) is 0 Å². The predicted octanol–water partition coefficient (Wildman–Crippen LogP) is 4.68. The van der Waals surface area contributed by atoms with Crippen molar-refractivity contribution in [2.75, 3.05) is 11.1 Å². The Kier molecular flexibility index (Phi) is 6.13. The number of benzene rings is 1. The van der Waals surface area contributed by atoms with Crippen LogP contribution in [0.2, 0.25) is 5.02 Å². The van der Waals surface area contributed by atoms with Crippen molar-refractivity contribution in [3.05, 3.63) is 58.6 Å². The lowest BCUT2D eigenvalue weighted by atomic mass is 10.2. The highest BCUT2D eigenvalue weighted by molar-refractivity contribution is 7.99. The third-order valence-electron chi connectivity index (χ3n) is 3.76. The van der Waals surface area contributed by atoms with E-state index < -0.39 is 22.7 Å². The molecule has 2 heterocycles. The minimum Gasteiger partial charge on any atom is -0.325 e. The molecule has 1 amide bonds. The van der Waals surface area contributed by atoms with Gasteiger partial charge in [0.2, 0.25) is 5.91 Å². The van der Waals surface area contributed by atoms with Crippen molar-refractivity contribution < 1.29 is 18.0 Å². The van der Waals surface area contributed by atoms with Crippen LogP contribution >= 0.6 is 23.4 Å². The van der Waals surface area contributed by atoms with E-state index in [1.165, 1.54) is 12.4 Å². The number of hydrogen-bond acceptors (Lipinski definition) is 5. The first-order valence-corrected chi connectivity index (χ1v) is 9.65. The van der Waals surface area contributed by atoms with Crippen LogP contribution in [0.1, 0.15) is 17.0 Å². The normalized spacial score (nSPS) is 11.5. The van der Waals surface area contributed by atoms with Crippen LogP contribution in [-0.4, -0.2) is 31.4 Å². The van der Waals surface area contributed by atoms with Crippen LogP contribution in [0.15, 0.2) is 41.7 Å².